The SMILES string of the molecule is [CH2]CCCCCCCCCCC#CCC(CCC)CCCCCCCC[CH2]. The van der Waals surface area contributed by atoms with E-state index < -0.39 is 0 Å². The van der Waals surface area contributed by atoms with Crippen LogP contribution in [-0.2, 0) is 0 Å². The van der Waals surface area contributed by atoms with E-state index in [1.807, 2.05) is 0 Å². The fourth-order valence-corrected chi connectivity index (χ4v) is 3.83. The van der Waals surface area contributed by atoms with Crippen molar-refractivity contribution >= 4 is 0 Å². The molecule has 1 unspecified atom stereocenters. The maximum atomic E-state index is 3.92. The van der Waals surface area contributed by atoms with E-state index in [2.05, 4.69) is 32.6 Å². The zero-order chi connectivity index (χ0) is 19.8. The zero-order valence-corrected chi connectivity index (χ0v) is 18.8. The lowest BCUT2D eigenvalue weighted by molar-refractivity contribution is 0.427. The first-order chi connectivity index (χ1) is 13.3. The second-order valence-electron chi connectivity index (χ2n) is 8.41. The molecule has 0 aromatic heterocycles. The highest BCUT2D eigenvalue weighted by Crippen LogP contribution is 2.20. The molecule has 2 radical (unpaired) electrons. The van der Waals surface area contributed by atoms with Crippen LogP contribution in [0.3, 0.4) is 0 Å². The molecule has 0 aromatic carbocycles. The summed E-state index contributed by atoms with van der Waals surface area (Å²) >= 11 is 0. The summed E-state index contributed by atoms with van der Waals surface area (Å²) in [6.45, 7) is 10.1. The van der Waals surface area contributed by atoms with E-state index in [4.69, 9.17) is 0 Å². The molecule has 0 N–H and O–H groups in total. The largest absolute Gasteiger partial charge is 0.103 e. The van der Waals surface area contributed by atoms with Gasteiger partial charge in [0.05, 0.1) is 0 Å². The van der Waals surface area contributed by atoms with Gasteiger partial charge in [-0.3, -0.25) is 0 Å². The molecule has 0 aliphatic rings. The Hall–Kier alpha value is -0.440. The fourth-order valence-electron chi connectivity index (χ4n) is 3.83. The summed E-state index contributed by atoms with van der Waals surface area (Å²) in [5.41, 5.74) is 0. The van der Waals surface area contributed by atoms with Crippen molar-refractivity contribution in [2.45, 2.75) is 142 Å². The maximum Gasteiger partial charge on any atom is 0.0117 e. The minimum atomic E-state index is 0.848. The minimum absolute atomic E-state index is 0.848. The number of hydrogen-bond donors (Lipinski definition) is 0. The monoisotopic (exact) mass is 374 g/mol. The summed E-state index contributed by atoms with van der Waals surface area (Å²) < 4.78 is 0. The molecule has 1 atom stereocenters. The average Bonchev–Trinajstić information content (AvgIpc) is 2.68. The molecule has 0 amide bonds. The van der Waals surface area contributed by atoms with E-state index in [1.165, 1.54) is 109 Å². The molecule has 0 aliphatic carbocycles. The summed E-state index contributed by atoms with van der Waals surface area (Å²) in [6, 6.07) is 0. The number of hydrogen-bond acceptors (Lipinski definition) is 0. The highest BCUT2D eigenvalue weighted by Gasteiger charge is 2.05. The van der Waals surface area contributed by atoms with Crippen molar-refractivity contribution in [1.29, 1.82) is 0 Å². The summed E-state index contributed by atoms with van der Waals surface area (Å²) in [7, 11) is 0. The molecule has 0 fully saturated rings. The summed E-state index contributed by atoms with van der Waals surface area (Å²) in [5, 5.41) is 0. The Morgan fingerprint density at radius 2 is 1.04 bits per heavy atom. The van der Waals surface area contributed by atoms with Crippen molar-refractivity contribution < 1.29 is 0 Å². The average molecular weight is 375 g/mol. The van der Waals surface area contributed by atoms with Gasteiger partial charge < -0.3 is 0 Å². The van der Waals surface area contributed by atoms with Crippen LogP contribution >= 0.6 is 0 Å². The molecular formula is C27H50. The molecule has 0 nitrogen and oxygen atoms in total. The Labute approximate surface area is 173 Å². The van der Waals surface area contributed by atoms with Crippen molar-refractivity contribution in [3.05, 3.63) is 13.8 Å². The van der Waals surface area contributed by atoms with Gasteiger partial charge in [0.2, 0.25) is 0 Å². The minimum Gasteiger partial charge on any atom is -0.103 e. The predicted molar refractivity (Wildman–Crippen MR) is 125 cm³/mol. The highest BCUT2D eigenvalue weighted by atomic mass is 14.1. The third-order valence-electron chi connectivity index (χ3n) is 5.63. The standard InChI is InChI=1S/C27H50/c1-4-7-9-11-13-14-15-16-17-19-21-23-26-27(24-6-3)25-22-20-18-12-10-8-5-2/h27H,1-2,4-20,22,24-26H2,3H3. The lowest BCUT2D eigenvalue weighted by Crippen LogP contribution is -1.99. The Kier molecular flexibility index (Phi) is 23.2. The van der Waals surface area contributed by atoms with Gasteiger partial charge in [0.25, 0.3) is 0 Å². The van der Waals surface area contributed by atoms with E-state index in [9.17, 15) is 0 Å². The van der Waals surface area contributed by atoms with Crippen LogP contribution in [0.15, 0.2) is 0 Å². The van der Waals surface area contributed by atoms with Gasteiger partial charge in [-0.05, 0) is 25.2 Å². The van der Waals surface area contributed by atoms with Gasteiger partial charge in [0.15, 0.2) is 0 Å². The van der Waals surface area contributed by atoms with Crippen LogP contribution in [-0.4, -0.2) is 0 Å². The van der Waals surface area contributed by atoms with Gasteiger partial charge in [-0.1, -0.05) is 124 Å². The molecule has 0 rings (SSSR count). The first kappa shape index (κ1) is 26.6. The Balaban J connectivity index is 3.54. The maximum absolute atomic E-state index is 3.92. The summed E-state index contributed by atoms with van der Waals surface area (Å²) in [5.74, 6) is 7.80. The van der Waals surface area contributed by atoms with Crippen LogP contribution < -0.4 is 0 Å². The van der Waals surface area contributed by atoms with E-state index in [1.54, 1.807) is 0 Å². The molecule has 0 spiro atoms. The molecule has 0 bridgehead atoms. The smallest absolute Gasteiger partial charge is 0.0117 e. The van der Waals surface area contributed by atoms with Crippen LogP contribution in [0.1, 0.15) is 142 Å². The number of rotatable bonds is 20. The van der Waals surface area contributed by atoms with Crippen LogP contribution in [0.5, 0.6) is 0 Å². The Morgan fingerprint density at radius 1 is 0.556 bits per heavy atom. The van der Waals surface area contributed by atoms with E-state index in [-0.39, 0.29) is 0 Å². The first-order valence-corrected chi connectivity index (χ1v) is 12.4. The van der Waals surface area contributed by atoms with E-state index in [0.717, 1.165) is 31.6 Å². The summed E-state index contributed by atoms with van der Waals surface area (Å²) in [4.78, 5) is 0. The third-order valence-corrected chi connectivity index (χ3v) is 5.63. The first-order valence-electron chi connectivity index (χ1n) is 12.4. The topological polar surface area (TPSA) is 0 Å². The molecule has 0 heterocycles. The lowest BCUT2D eigenvalue weighted by atomic mass is 9.93. The molecular weight excluding hydrogens is 324 g/mol. The molecule has 27 heavy (non-hydrogen) atoms. The highest BCUT2D eigenvalue weighted by molar-refractivity contribution is 4.99. The normalized spacial score (nSPS) is 12.0. The van der Waals surface area contributed by atoms with Crippen molar-refractivity contribution in [3.8, 4) is 11.8 Å². The van der Waals surface area contributed by atoms with Gasteiger partial charge in [-0.15, -0.1) is 11.8 Å². The molecule has 0 aromatic rings. The predicted octanol–water partition coefficient (Wildman–Crippen LogP) is 9.49. The van der Waals surface area contributed by atoms with Crippen LogP contribution in [0.2, 0.25) is 0 Å². The molecule has 0 heteroatoms. The second kappa shape index (κ2) is 23.6. The van der Waals surface area contributed by atoms with Crippen molar-refractivity contribution in [1.82, 2.24) is 0 Å². The molecule has 0 saturated heterocycles. The van der Waals surface area contributed by atoms with Gasteiger partial charge in [0.1, 0.15) is 0 Å². The van der Waals surface area contributed by atoms with E-state index in [0.29, 0.717) is 0 Å². The second-order valence-corrected chi connectivity index (χ2v) is 8.41. The number of unbranched alkanes of at least 4 members (excludes halogenated alkanes) is 15. The van der Waals surface area contributed by atoms with Crippen LogP contribution in [0, 0.1) is 31.6 Å². The Morgan fingerprint density at radius 3 is 1.56 bits per heavy atom. The fraction of sp³-hybridized carbons (Fsp3) is 0.852. The van der Waals surface area contributed by atoms with Gasteiger partial charge in [-0.25, -0.2) is 0 Å². The quantitative estimate of drug-likeness (QED) is 0.147. The Bertz CT molecular complexity index is 319. The molecule has 158 valence electrons. The lowest BCUT2D eigenvalue weighted by Gasteiger charge is -2.12. The van der Waals surface area contributed by atoms with E-state index >= 15 is 0 Å². The zero-order valence-electron chi connectivity index (χ0n) is 18.8. The van der Waals surface area contributed by atoms with Gasteiger partial charge in [0, 0.05) is 12.8 Å². The van der Waals surface area contributed by atoms with Gasteiger partial charge >= 0.3 is 0 Å². The van der Waals surface area contributed by atoms with Gasteiger partial charge in [-0.2, -0.15) is 0 Å². The third kappa shape index (κ3) is 21.7. The van der Waals surface area contributed by atoms with Crippen molar-refractivity contribution in [2.75, 3.05) is 0 Å². The molecule has 0 aliphatic heterocycles. The van der Waals surface area contributed by atoms with Crippen molar-refractivity contribution in [3.63, 3.8) is 0 Å². The molecule has 0 saturated carbocycles. The van der Waals surface area contributed by atoms with Crippen LogP contribution in [0.4, 0.5) is 0 Å². The van der Waals surface area contributed by atoms with Crippen molar-refractivity contribution in [2.24, 2.45) is 5.92 Å². The van der Waals surface area contributed by atoms with Crippen LogP contribution in [0.25, 0.3) is 0 Å². The summed E-state index contributed by atoms with van der Waals surface area (Å²) in [6.07, 6.45) is 27.9.